The van der Waals surface area contributed by atoms with E-state index >= 15 is 0 Å². The first-order chi connectivity index (χ1) is 8.90. The molecule has 1 saturated heterocycles. The van der Waals surface area contributed by atoms with Crippen molar-refractivity contribution in [3.63, 3.8) is 0 Å². The van der Waals surface area contributed by atoms with E-state index in [1.807, 2.05) is 0 Å². The van der Waals surface area contributed by atoms with E-state index in [9.17, 15) is 0 Å². The molecule has 1 saturated carbocycles. The average molecular weight is 253 g/mol. The van der Waals surface area contributed by atoms with Crippen molar-refractivity contribution in [3.8, 4) is 0 Å². The van der Waals surface area contributed by atoms with Gasteiger partial charge in [0.05, 0.1) is 6.10 Å². The third-order valence-corrected chi connectivity index (χ3v) is 4.76. The molecular weight excluding hydrogens is 222 g/mol. The summed E-state index contributed by atoms with van der Waals surface area (Å²) in [5.41, 5.74) is 0. The first-order valence-corrected chi connectivity index (χ1v) is 8.25. The summed E-state index contributed by atoms with van der Waals surface area (Å²) >= 11 is 0. The van der Waals surface area contributed by atoms with Gasteiger partial charge >= 0.3 is 0 Å². The summed E-state index contributed by atoms with van der Waals surface area (Å²) in [6.07, 6.45) is 14.4. The Kier molecular flexibility index (Phi) is 6.50. The summed E-state index contributed by atoms with van der Waals surface area (Å²) in [5.74, 6) is 0.933. The van der Waals surface area contributed by atoms with Gasteiger partial charge < -0.3 is 10.1 Å². The molecule has 18 heavy (non-hydrogen) atoms. The second-order valence-corrected chi connectivity index (χ2v) is 6.13. The predicted octanol–water partition coefficient (Wildman–Crippen LogP) is 3.89. The smallest absolute Gasteiger partial charge is 0.0575 e. The monoisotopic (exact) mass is 253 g/mol. The molecule has 1 N–H and O–H groups in total. The minimum atomic E-state index is 0.559. The van der Waals surface area contributed by atoms with Crippen LogP contribution in [0.5, 0.6) is 0 Å². The van der Waals surface area contributed by atoms with Crippen LogP contribution in [-0.4, -0.2) is 25.3 Å². The molecule has 106 valence electrons. The van der Waals surface area contributed by atoms with Crippen molar-refractivity contribution in [2.24, 2.45) is 5.92 Å². The molecule has 1 aliphatic heterocycles. The van der Waals surface area contributed by atoms with Gasteiger partial charge in [-0.05, 0) is 57.4 Å². The quantitative estimate of drug-likeness (QED) is 0.775. The molecule has 2 atom stereocenters. The van der Waals surface area contributed by atoms with Gasteiger partial charge in [-0.2, -0.15) is 0 Å². The van der Waals surface area contributed by atoms with Crippen LogP contribution < -0.4 is 5.32 Å². The van der Waals surface area contributed by atoms with Crippen molar-refractivity contribution in [1.29, 1.82) is 0 Å². The SMILES string of the molecule is CCNC(CCC1CCCCO1)C1CCCCC1. The van der Waals surface area contributed by atoms with E-state index in [4.69, 9.17) is 4.74 Å². The highest BCUT2D eigenvalue weighted by Gasteiger charge is 2.24. The maximum absolute atomic E-state index is 5.87. The van der Waals surface area contributed by atoms with Gasteiger partial charge in [0.15, 0.2) is 0 Å². The number of nitrogens with one attached hydrogen (secondary N) is 1. The lowest BCUT2D eigenvalue weighted by Gasteiger charge is -2.32. The summed E-state index contributed by atoms with van der Waals surface area (Å²) in [5, 5.41) is 3.74. The zero-order chi connectivity index (χ0) is 12.6. The van der Waals surface area contributed by atoms with Gasteiger partial charge in [0.1, 0.15) is 0 Å². The van der Waals surface area contributed by atoms with Crippen LogP contribution in [0.25, 0.3) is 0 Å². The Morgan fingerprint density at radius 2 is 1.83 bits per heavy atom. The Morgan fingerprint density at radius 1 is 1.06 bits per heavy atom. The predicted molar refractivity (Wildman–Crippen MR) is 76.9 cm³/mol. The first-order valence-electron chi connectivity index (χ1n) is 8.25. The van der Waals surface area contributed by atoms with Crippen LogP contribution in [0.15, 0.2) is 0 Å². The Labute approximate surface area is 113 Å². The van der Waals surface area contributed by atoms with Crippen LogP contribution >= 0.6 is 0 Å². The molecule has 0 bridgehead atoms. The summed E-state index contributed by atoms with van der Waals surface area (Å²) < 4.78 is 5.87. The van der Waals surface area contributed by atoms with Crippen molar-refractivity contribution in [3.05, 3.63) is 0 Å². The zero-order valence-corrected chi connectivity index (χ0v) is 12.1. The summed E-state index contributed by atoms with van der Waals surface area (Å²) in [4.78, 5) is 0. The molecular formula is C16H31NO. The Morgan fingerprint density at radius 3 is 2.50 bits per heavy atom. The third kappa shape index (κ3) is 4.55. The second-order valence-electron chi connectivity index (χ2n) is 6.13. The number of rotatable bonds is 6. The summed E-state index contributed by atoms with van der Waals surface area (Å²) in [7, 11) is 0. The van der Waals surface area contributed by atoms with Crippen LogP contribution in [0, 0.1) is 5.92 Å². The van der Waals surface area contributed by atoms with E-state index in [1.165, 1.54) is 64.2 Å². The normalized spacial score (nSPS) is 28.2. The van der Waals surface area contributed by atoms with Gasteiger partial charge in [0.2, 0.25) is 0 Å². The highest BCUT2D eigenvalue weighted by molar-refractivity contribution is 4.80. The van der Waals surface area contributed by atoms with Gasteiger partial charge in [-0.1, -0.05) is 26.2 Å². The van der Waals surface area contributed by atoms with Crippen LogP contribution in [0.4, 0.5) is 0 Å². The van der Waals surface area contributed by atoms with Crippen LogP contribution in [-0.2, 0) is 4.74 Å². The minimum absolute atomic E-state index is 0.559. The molecule has 2 aliphatic rings. The highest BCUT2D eigenvalue weighted by Crippen LogP contribution is 2.29. The van der Waals surface area contributed by atoms with Crippen molar-refractivity contribution < 1.29 is 4.74 Å². The number of ether oxygens (including phenoxy) is 1. The topological polar surface area (TPSA) is 21.3 Å². The number of hydrogen-bond donors (Lipinski definition) is 1. The Hall–Kier alpha value is -0.0800. The maximum Gasteiger partial charge on any atom is 0.0575 e. The molecule has 0 spiro atoms. The van der Waals surface area contributed by atoms with Crippen molar-refractivity contribution in [2.45, 2.75) is 83.3 Å². The van der Waals surface area contributed by atoms with Gasteiger partial charge in [-0.25, -0.2) is 0 Å². The fourth-order valence-electron chi connectivity index (χ4n) is 3.70. The van der Waals surface area contributed by atoms with Gasteiger partial charge in [0.25, 0.3) is 0 Å². The van der Waals surface area contributed by atoms with Crippen molar-refractivity contribution in [2.75, 3.05) is 13.2 Å². The maximum atomic E-state index is 5.87. The van der Waals surface area contributed by atoms with Gasteiger partial charge in [-0.15, -0.1) is 0 Å². The standard InChI is InChI=1S/C16H31NO/c1-2-17-16(14-8-4-3-5-9-14)12-11-15-10-6-7-13-18-15/h14-17H,2-13H2,1H3. The van der Waals surface area contributed by atoms with Crippen LogP contribution in [0.2, 0.25) is 0 Å². The summed E-state index contributed by atoms with van der Waals surface area (Å²) in [6.45, 7) is 4.36. The minimum Gasteiger partial charge on any atom is -0.378 e. The van der Waals surface area contributed by atoms with Crippen molar-refractivity contribution in [1.82, 2.24) is 5.32 Å². The highest BCUT2D eigenvalue weighted by atomic mass is 16.5. The molecule has 0 aromatic heterocycles. The van der Waals surface area contributed by atoms with Crippen LogP contribution in [0.3, 0.4) is 0 Å². The van der Waals surface area contributed by atoms with E-state index in [2.05, 4.69) is 12.2 Å². The molecule has 2 unspecified atom stereocenters. The third-order valence-electron chi connectivity index (χ3n) is 4.76. The molecule has 2 rings (SSSR count). The zero-order valence-electron chi connectivity index (χ0n) is 12.1. The molecule has 1 aliphatic carbocycles. The molecule has 0 aromatic carbocycles. The van der Waals surface area contributed by atoms with E-state index in [-0.39, 0.29) is 0 Å². The van der Waals surface area contributed by atoms with Crippen molar-refractivity contribution >= 4 is 0 Å². The molecule has 2 heteroatoms. The average Bonchev–Trinajstić information content (AvgIpc) is 2.45. The van der Waals surface area contributed by atoms with E-state index in [0.717, 1.165) is 25.1 Å². The Bertz CT molecular complexity index is 207. The molecule has 0 aromatic rings. The van der Waals surface area contributed by atoms with E-state index < -0.39 is 0 Å². The molecule has 0 amide bonds. The molecule has 1 heterocycles. The fourth-order valence-corrected chi connectivity index (χ4v) is 3.70. The summed E-state index contributed by atoms with van der Waals surface area (Å²) in [6, 6.07) is 0.751. The molecule has 2 fully saturated rings. The lowest BCUT2D eigenvalue weighted by molar-refractivity contribution is 0.00708. The first kappa shape index (κ1) is 14.3. The van der Waals surface area contributed by atoms with Gasteiger partial charge in [0, 0.05) is 12.6 Å². The lowest BCUT2D eigenvalue weighted by atomic mass is 9.81. The second kappa shape index (κ2) is 8.16. The molecule has 0 radical (unpaired) electrons. The lowest BCUT2D eigenvalue weighted by Crippen LogP contribution is -2.38. The molecule has 2 nitrogen and oxygen atoms in total. The Balaban J connectivity index is 1.73. The van der Waals surface area contributed by atoms with E-state index in [1.54, 1.807) is 0 Å². The fraction of sp³-hybridized carbons (Fsp3) is 1.00. The van der Waals surface area contributed by atoms with Gasteiger partial charge in [-0.3, -0.25) is 0 Å². The largest absolute Gasteiger partial charge is 0.378 e. The number of hydrogen-bond acceptors (Lipinski definition) is 2. The van der Waals surface area contributed by atoms with Crippen LogP contribution in [0.1, 0.15) is 71.1 Å². The van der Waals surface area contributed by atoms with E-state index in [0.29, 0.717) is 6.10 Å².